The van der Waals surface area contributed by atoms with Crippen LogP contribution in [-0.4, -0.2) is 42.4 Å². The molecule has 0 spiro atoms. The van der Waals surface area contributed by atoms with Gasteiger partial charge in [-0.05, 0) is 72.7 Å². The smallest absolute Gasteiger partial charge is 0.335 e. The fourth-order valence-corrected chi connectivity index (χ4v) is 4.18. The lowest BCUT2D eigenvalue weighted by Gasteiger charge is -2.22. The fraction of sp³-hybridized carbons (Fsp3) is 0.321. The van der Waals surface area contributed by atoms with E-state index < -0.39 is 5.97 Å². The number of hydrazine groups is 1. The van der Waals surface area contributed by atoms with E-state index in [-0.39, 0.29) is 0 Å². The van der Waals surface area contributed by atoms with Gasteiger partial charge >= 0.3 is 5.97 Å². The van der Waals surface area contributed by atoms with Crippen molar-refractivity contribution in [3.8, 4) is 11.5 Å². The van der Waals surface area contributed by atoms with Crippen molar-refractivity contribution in [1.29, 1.82) is 0 Å². The van der Waals surface area contributed by atoms with Crippen molar-refractivity contribution in [2.24, 2.45) is 5.92 Å². The third-order valence-electron chi connectivity index (χ3n) is 6.03. The van der Waals surface area contributed by atoms with Crippen molar-refractivity contribution in [3.05, 3.63) is 95.6 Å². The molecule has 0 aliphatic carbocycles. The van der Waals surface area contributed by atoms with Crippen molar-refractivity contribution >= 4 is 5.97 Å². The lowest BCUT2D eigenvalue weighted by molar-refractivity contribution is 0.0697. The molecule has 3 aromatic rings. The van der Waals surface area contributed by atoms with E-state index in [1.54, 1.807) is 12.1 Å². The second-order valence-corrected chi connectivity index (χ2v) is 8.65. The highest BCUT2D eigenvalue weighted by atomic mass is 16.5. The second kappa shape index (κ2) is 12.2. The molecule has 4 rings (SSSR count). The summed E-state index contributed by atoms with van der Waals surface area (Å²) >= 11 is 0. The van der Waals surface area contributed by atoms with Gasteiger partial charge in [-0.2, -0.15) is 0 Å². The molecule has 34 heavy (non-hydrogen) atoms. The summed E-state index contributed by atoms with van der Waals surface area (Å²) in [6.45, 7) is 3.71. The Morgan fingerprint density at radius 3 is 2.21 bits per heavy atom. The van der Waals surface area contributed by atoms with Gasteiger partial charge in [-0.15, -0.1) is 0 Å². The van der Waals surface area contributed by atoms with Crippen LogP contribution < -0.4 is 14.9 Å². The van der Waals surface area contributed by atoms with Crippen LogP contribution in [-0.2, 0) is 13.0 Å². The van der Waals surface area contributed by atoms with Crippen LogP contribution in [0.5, 0.6) is 11.5 Å². The minimum Gasteiger partial charge on any atom is -0.490 e. The maximum Gasteiger partial charge on any atom is 0.335 e. The number of aromatic carboxylic acids is 1. The normalized spacial score (nSPS) is 16.5. The van der Waals surface area contributed by atoms with E-state index >= 15 is 0 Å². The Hall–Kier alpha value is -3.35. The van der Waals surface area contributed by atoms with E-state index in [0.29, 0.717) is 24.7 Å². The van der Waals surface area contributed by atoms with Crippen LogP contribution in [0.25, 0.3) is 0 Å². The van der Waals surface area contributed by atoms with E-state index in [9.17, 15) is 4.79 Å². The Labute approximate surface area is 201 Å². The molecule has 1 fully saturated rings. The minimum absolute atomic E-state index is 0.324. The molecule has 1 aliphatic heterocycles. The van der Waals surface area contributed by atoms with E-state index in [2.05, 4.69) is 22.6 Å². The minimum atomic E-state index is -0.890. The van der Waals surface area contributed by atoms with Crippen LogP contribution in [0.3, 0.4) is 0 Å². The van der Waals surface area contributed by atoms with E-state index in [1.807, 2.05) is 54.6 Å². The van der Waals surface area contributed by atoms with Gasteiger partial charge in [0.15, 0.2) is 0 Å². The molecule has 1 aliphatic rings. The standard InChI is InChI=1S/C28H32N2O4/c31-28(32)25-12-8-23(9-13-25)21-30-16-4-5-24(20-29-30)19-22-10-14-27(15-11-22)34-18-17-33-26-6-2-1-3-7-26/h1-3,6-15,24,29H,4-5,16-21H2,(H,31,32). The van der Waals surface area contributed by atoms with Gasteiger partial charge in [-0.25, -0.2) is 9.80 Å². The van der Waals surface area contributed by atoms with Crippen LogP contribution in [0.2, 0.25) is 0 Å². The predicted octanol–water partition coefficient (Wildman–Crippen LogP) is 4.80. The summed E-state index contributed by atoms with van der Waals surface area (Å²) in [7, 11) is 0. The molecule has 0 aromatic heterocycles. The average molecular weight is 461 g/mol. The molecule has 0 amide bonds. The highest BCUT2D eigenvalue weighted by Crippen LogP contribution is 2.20. The highest BCUT2D eigenvalue weighted by molar-refractivity contribution is 5.87. The first-order valence-electron chi connectivity index (χ1n) is 11.9. The van der Waals surface area contributed by atoms with Gasteiger partial charge in [0.25, 0.3) is 0 Å². The molecule has 0 bridgehead atoms. The molecule has 6 nitrogen and oxygen atoms in total. The zero-order chi connectivity index (χ0) is 23.6. The summed E-state index contributed by atoms with van der Waals surface area (Å²) < 4.78 is 11.5. The van der Waals surface area contributed by atoms with E-state index in [1.165, 1.54) is 12.0 Å². The third-order valence-corrected chi connectivity index (χ3v) is 6.03. The van der Waals surface area contributed by atoms with Gasteiger partial charge in [0, 0.05) is 19.6 Å². The Kier molecular flexibility index (Phi) is 8.54. The number of benzene rings is 3. The number of rotatable bonds is 10. The number of carboxylic acids is 1. The molecule has 0 radical (unpaired) electrons. The molecule has 2 N–H and O–H groups in total. The summed E-state index contributed by atoms with van der Waals surface area (Å²) in [5.74, 6) is 1.40. The average Bonchev–Trinajstić information content (AvgIpc) is 3.09. The maximum absolute atomic E-state index is 11.0. The zero-order valence-electron chi connectivity index (χ0n) is 19.4. The maximum atomic E-state index is 11.0. The van der Waals surface area contributed by atoms with Crippen LogP contribution >= 0.6 is 0 Å². The molecule has 1 atom stereocenters. The number of nitrogens with zero attached hydrogens (tertiary/aromatic N) is 1. The number of para-hydroxylation sites is 1. The lowest BCUT2D eigenvalue weighted by atomic mass is 9.95. The fourth-order valence-electron chi connectivity index (χ4n) is 4.18. The molecular weight excluding hydrogens is 428 g/mol. The van der Waals surface area contributed by atoms with E-state index in [0.717, 1.165) is 49.5 Å². The number of ether oxygens (including phenoxy) is 2. The van der Waals surface area contributed by atoms with Gasteiger partial charge in [0.05, 0.1) is 5.56 Å². The highest BCUT2D eigenvalue weighted by Gasteiger charge is 2.17. The number of hydrogen-bond donors (Lipinski definition) is 2. The van der Waals surface area contributed by atoms with Crippen molar-refractivity contribution in [3.63, 3.8) is 0 Å². The first-order chi connectivity index (χ1) is 16.7. The van der Waals surface area contributed by atoms with Crippen molar-refractivity contribution in [1.82, 2.24) is 10.4 Å². The Balaban J connectivity index is 1.18. The molecule has 178 valence electrons. The number of nitrogens with one attached hydrogen (secondary N) is 1. The third kappa shape index (κ3) is 7.33. The summed E-state index contributed by atoms with van der Waals surface area (Å²) in [6, 6.07) is 25.3. The number of hydrogen-bond acceptors (Lipinski definition) is 5. The van der Waals surface area contributed by atoms with Gasteiger partial charge in [0.1, 0.15) is 24.7 Å². The Morgan fingerprint density at radius 1 is 0.882 bits per heavy atom. The Morgan fingerprint density at radius 2 is 1.53 bits per heavy atom. The van der Waals surface area contributed by atoms with Gasteiger partial charge in [-0.3, -0.25) is 5.43 Å². The SMILES string of the molecule is O=C(O)c1ccc(CN2CCCC(Cc3ccc(OCCOc4ccccc4)cc3)CN2)cc1. The first kappa shape index (κ1) is 23.8. The first-order valence-corrected chi connectivity index (χ1v) is 11.9. The second-order valence-electron chi connectivity index (χ2n) is 8.65. The molecule has 3 aromatic carbocycles. The lowest BCUT2D eigenvalue weighted by Crippen LogP contribution is -2.38. The Bertz CT molecular complexity index is 1020. The van der Waals surface area contributed by atoms with Crippen molar-refractivity contribution < 1.29 is 19.4 Å². The van der Waals surface area contributed by atoms with E-state index in [4.69, 9.17) is 14.6 Å². The van der Waals surface area contributed by atoms with Crippen LogP contribution in [0.15, 0.2) is 78.9 Å². The topological polar surface area (TPSA) is 71.0 Å². The summed E-state index contributed by atoms with van der Waals surface area (Å²) in [6.07, 6.45) is 3.34. The van der Waals surface area contributed by atoms with Gasteiger partial charge in [-0.1, -0.05) is 42.5 Å². The molecular formula is C28H32N2O4. The largest absolute Gasteiger partial charge is 0.490 e. The summed E-state index contributed by atoms with van der Waals surface area (Å²) in [5, 5.41) is 11.3. The molecule has 6 heteroatoms. The monoisotopic (exact) mass is 460 g/mol. The quantitative estimate of drug-likeness (QED) is 0.424. The predicted molar refractivity (Wildman–Crippen MR) is 132 cm³/mol. The van der Waals surface area contributed by atoms with Crippen LogP contribution in [0.4, 0.5) is 0 Å². The zero-order valence-corrected chi connectivity index (χ0v) is 19.4. The molecule has 1 heterocycles. The van der Waals surface area contributed by atoms with Crippen molar-refractivity contribution in [2.75, 3.05) is 26.3 Å². The van der Waals surface area contributed by atoms with Crippen LogP contribution in [0.1, 0.15) is 34.3 Å². The van der Waals surface area contributed by atoms with Crippen molar-refractivity contribution in [2.45, 2.75) is 25.8 Å². The van der Waals surface area contributed by atoms with Gasteiger partial charge < -0.3 is 14.6 Å². The molecule has 0 saturated carbocycles. The number of carboxylic acid groups (broad SMARTS) is 1. The summed E-state index contributed by atoms with van der Waals surface area (Å²) in [5.41, 5.74) is 6.33. The molecule has 1 saturated heterocycles. The number of carbonyl (C=O) groups is 1. The van der Waals surface area contributed by atoms with Crippen LogP contribution in [0, 0.1) is 5.92 Å². The summed E-state index contributed by atoms with van der Waals surface area (Å²) in [4.78, 5) is 11.0. The molecule has 1 unspecified atom stereocenters. The van der Waals surface area contributed by atoms with Gasteiger partial charge in [0.2, 0.25) is 0 Å².